The molecular formula is C24H20FN3O5. The number of hydrogen-bond acceptors (Lipinski definition) is 5. The summed E-state index contributed by atoms with van der Waals surface area (Å²) in [4.78, 5) is 39.2. The highest BCUT2D eigenvalue weighted by molar-refractivity contribution is 5.97. The maximum Gasteiger partial charge on any atom is 0.417 e. The minimum atomic E-state index is -1.41. The highest BCUT2D eigenvalue weighted by Gasteiger charge is 2.23. The lowest BCUT2D eigenvalue weighted by Crippen LogP contribution is -2.40. The molecule has 1 heterocycles. The van der Waals surface area contributed by atoms with Crippen LogP contribution in [0.15, 0.2) is 82.0 Å². The number of fused-ring (bicyclic) bond motifs is 1. The number of aromatic amines is 1. The normalized spacial score (nSPS) is 12.8. The number of rotatable bonds is 7. The molecule has 0 aliphatic rings. The topological polar surface area (TPSA) is 124 Å². The Bertz CT molecular complexity index is 1350. The van der Waals surface area contributed by atoms with E-state index >= 15 is 0 Å². The number of halogens is 1. The van der Waals surface area contributed by atoms with Crippen LogP contribution in [0, 0.1) is 5.82 Å². The smallest absolute Gasteiger partial charge is 0.408 e. The average molecular weight is 449 g/mol. The largest absolute Gasteiger partial charge is 0.417 e. The SMILES string of the molecule is O=C(NC(CNC(=O)C(O)c1ccccc1)c1ccccc1F)c1ccc2[nH]c(=O)oc2c1. The van der Waals surface area contributed by atoms with Crippen LogP contribution in [0.5, 0.6) is 0 Å². The van der Waals surface area contributed by atoms with Crippen LogP contribution in [-0.4, -0.2) is 28.4 Å². The summed E-state index contributed by atoms with van der Waals surface area (Å²) >= 11 is 0. The molecule has 168 valence electrons. The maximum absolute atomic E-state index is 14.5. The Balaban J connectivity index is 1.53. The van der Waals surface area contributed by atoms with Gasteiger partial charge in [-0.05, 0) is 29.8 Å². The zero-order chi connectivity index (χ0) is 23.4. The van der Waals surface area contributed by atoms with Gasteiger partial charge in [0.25, 0.3) is 11.8 Å². The molecule has 0 saturated carbocycles. The third-order valence-electron chi connectivity index (χ3n) is 5.11. The second-order valence-electron chi connectivity index (χ2n) is 7.33. The molecule has 8 nitrogen and oxygen atoms in total. The summed E-state index contributed by atoms with van der Waals surface area (Å²) in [5.41, 5.74) is 1.39. The molecule has 0 spiro atoms. The molecule has 33 heavy (non-hydrogen) atoms. The van der Waals surface area contributed by atoms with Crippen molar-refractivity contribution in [2.45, 2.75) is 12.1 Å². The van der Waals surface area contributed by atoms with Gasteiger partial charge >= 0.3 is 5.76 Å². The van der Waals surface area contributed by atoms with E-state index in [-0.39, 0.29) is 23.3 Å². The van der Waals surface area contributed by atoms with Crippen LogP contribution in [0.2, 0.25) is 0 Å². The zero-order valence-electron chi connectivity index (χ0n) is 17.2. The van der Waals surface area contributed by atoms with E-state index < -0.39 is 35.5 Å². The van der Waals surface area contributed by atoms with E-state index in [1.165, 1.54) is 36.4 Å². The molecule has 0 aliphatic carbocycles. The third-order valence-corrected chi connectivity index (χ3v) is 5.11. The van der Waals surface area contributed by atoms with E-state index in [4.69, 9.17) is 4.42 Å². The first-order valence-corrected chi connectivity index (χ1v) is 10.1. The molecule has 2 atom stereocenters. The highest BCUT2D eigenvalue weighted by atomic mass is 19.1. The average Bonchev–Trinajstić information content (AvgIpc) is 3.21. The van der Waals surface area contributed by atoms with Gasteiger partial charge in [-0.25, -0.2) is 9.18 Å². The maximum atomic E-state index is 14.5. The van der Waals surface area contributed by atoms with Crippen molar-refractivity contribution in [3.8, 4) is 0 Å². The van der Waals surface area contributed by atoms with Gasteiger partial charge in [0.15, 0.2) is 11.7 Å². The number of benzene rings is 3. The van der Waals surface area contributed by atoms with Crippen LogP contribution in [0.1, 0.15) is 33.6 Å². The lowest BCUT2D eigenvalue weighted by molar-refractivity contribution is -0.129. The van der Waals surface area contributed by atoms with Gasteiger partial charge in [-0.1, -0.05) is 48.5 Å². The van der Waals surface area contributed by atoms with Gasteiger partial charge in [0.1, 0.15) is 5.82 Å². The Morgan fingerprint density at radius 1 is 1.03 bits per heavy atom. The number of aromatic nitrogens is 1. The number of hydrogen-bond donors (Lipinski definition) is 4. The van der Waals surface area contributed by atoms with Gasteiger partial charge in [0.05, 0.1) is 11.6 Å². The Hall–Kier alpha value is -4.24. The number of oxazole rings is 1. The molecule has 0 aliphatic heterocycles. The number of nitrogens with one attached hydrogen (secondary N) is 3. The molecule has 2 unspecified atom stereocenters. The van der Waals surface area contributed by atoms with Crippen LogP contribution in [0.3, 0.4) is 0 Å². The number of aliphatic hydroxyl groups excluding tert-OH is 1. The third kappa shape index (κ3) is 4.99. The number of aliphatic hydroxyl groups is 1. The van der Waals surface area contributed by atoms with E-state index in [2.05, 4.69) is 15.6 Å². The van der Waals surface area contributed by atoms with Crippen LogP contribution >= 0.6 is 0 Å². The predicted octanol–water partition coefficient (Wildman–Crippen LogP) is 2.58. The molecule has 3 aromatic carbocycles. The van der Waals surface area contributed by atoms with Crippen molar-refractivity contribution in [1.82, 2.24) is 15.6 Å². The molecule has 9 heteroatoms. The summed E-state index contributed by atoms with van der Waals surface area (Å²) in [6.07, 6.45) is -1.41. The van der Waals surface area contributed by atoms with Gasteiger partial charge in [-0.15, -0.1) is 0 Å². The van der Waals surface area contributed by atoms with Crippen molar-refractivity contribution in [2.24, 2.45) is 0 Å². The van der Waals surface area contributed by atoms with Gasteiger partial charge in [-0.3, -0.25) is 14.6 Å². The van der Waals surface area contributed by atoms with Crippen LogP contribution in [0.25, 0.3) is 11.1 Å². The summed E-state index contributed by atoms with van der Waals surface area (Å²) in [5, 5.41) is 15.5. The molecule has 2 amide bonds. The van der Waals surface area contributed by atoms with Crippen LogP contribution in [-0.2, 0) is 4.79 Å². The van der Waals surface area contributed by atoms with E-state index in [0.29, 0.717) is 11.1 Å². The van der Waals surface area contributed by atoms with Crippen molar-refractivity contribution in [3.05, 3.63) is 106 Å². The molecule has 4 N–H and O–H groups in total. The first kappa shape index (κ1) is 22.0. The van der Waals surface area contributed by atoms with Crippen molar-refractivity contribution in [2.75, 3.05) is 6.54 Å². The van der Waals surface area contributed by atoms with Crippen LogP contribution in [0.4, 0.5) is 4.39 Å². The Kier molecular flexibility index (Phi) is 6.32. The van der Waals surface area contributed by atoms with E-state index in [1.54, 1.807) is 36.4 Å². The minimum Gasteiger partial charge on any atom is -0.408 e. The zero-order valence-corrected chi connectivity index (χ0v) is 17.2. The first-order chi connectivity index (χ1) is 15.9. The summed E-state index contributed by atoms with van der Waals surface area (Å²) < 4.78 is 19.5. The summed E-state index contributed by atoms with van der Waals surface area (Å²) in [6, 6.07) is 17.7. The molecule has 1 aromatic heterocycles. The van der Waals surface area contributed by atoms with Crippen molar-refractivity contribution < 1.29 is 23.5 Å². The quantitative estimate of drug-likeness (QED) is 0.345. The molecule has 4 aromatic rings. The Morgan fingerprint density at radius 3 is 2.52 bits per heavy atom. The van der Waals surface area contributed by atoms with Crippen LogP contribution < -0.4 is 16.4 Å². The summed E-state index contributed by atoms with van der Waals surface area (Å²) in [5.74, 6) is -2.46. The van der Waals surface area contributed by atoms with Crippen molar-refractivity contribution >= 4 is 22.9 Å². The van der Waals surface area contributed by atoms with E-state index in [9.17, 15) is 23.9 Å². The number of carbonyl (C=O) groups is 2. The Morgan fingerprint density at radius 2 is 1.76 bits per heavy atom. The van der Waals surface area contributed by atoms with E-state index in [1.807, 2.05) is 0 Å². The minimum absolute atomic E-state index is 0.162. The second kappa shape index (κ2) is 9.49. The van der Waals surface area contributed by atoms with Gasteiger partial charge in [0, 0.05) is 17.7 Å². The van der Waals surface area contributed by atoms with Gasteiger partial charge in [0.2, 0.25) is 0 Å². The standard InChI is InChI=1S/C24H20FN3O5/c25-17-9-5-4-8-16(17)19(13-26-23(31)21(29)14-6-2-1-3-7-14)27-22(30)15-10-11-18-20(12-15)33-24(32)28-18/h1-12,19,21,29H,13H2,(H,26,31)(H,27,30)(H,28,32). The van der Waals surface area contributed by atoms with Gasteiger partial charge in [-0.2, -0.15) is 0 Å². The number of carbonyl (C=O) groups excluding carboxylic acids is 2. The summed E-state index contributed by atoms with van der Waals surface area (Å²) in [6.45, 7) is -0.170. The monoisotopic (exact) mass is 449 g/mol. The highest BCUT2D eigenvalue weighted by Crippen LogP contribution is 2.19. The molecule has 4 rings (SSSR count). The molecule has 0 radical (unpaired) electrons. The van der Waals surface area contributed by atoms with E-state index in [0.717, 1.165) is 0 Å². The number of H-pyrrole nitrogens is 1. The molecule has 0 bridgehead atoms. The lowest BCUT2D eigenvalue weighted by atomic mass is 10.0. The number of amides is 2. The Labute approximate surface area is 187 Å². The fraction of sp³-hybridized carbons (Fsp3) is 0.125. The lowest BCUT2D eigenvalue weighted by Gasteiger charge is -2.21. The molecular weight excluding hydrogens is 429 g/mol. The summed E-state index contributed by atoms with van der Waals surface area (Å²) in [7, 11) is 0. The fourth-order valence-corrected chi connectivity index (χ4v) is 3.41. The van der Waals surface area contributed by atoms with Crippen molar-refractivity contribution in [1.29, 1.82) is 0 Å². The van der Waals surface area contributed by atoms with Crippen molar-refractivity contribution in [3.63, 3.8) is 0 Å². The predicted molar refractivity (Wildman–Crippen MR) is 118 cm³/mol. The molecule has 0 fully saturated rings. The first-order valence-electron chi connectivity index (χ1n) is 10.1. The molecule has 0 saturated heterocycles. The second-order valence-corrected chi connectivity index (χ2v) is 7.33. The van der Waals surface area contributed by atoms with Gasteiger partial charge < -0.3 is 20.2 Å². The fourth-order valence-electron chi connectivity index (χ4n) is 3.41.